The summed E-state index contributed by atoms with van der Waals surface area (Å²) < 4.78 is 34.1. The van der Waals surface area contributed by atoms with Crippen molar-refractivity contribution in [2.75, 3.05) is 62.5 Å². The lowest BCUT2D eigenvalue weighted by Crippen LogP contribution is -2.48. The van der Waals surface area contributed by atoms with Gasteiger partial charge in [-0.3, -0.25) is 14.4 Å². The first-order valence-electron chi connectivity index (χ1n) is 11.7. The standard InChI is InChI=1S/C25H32N4O4S/c1-2-33-19-5-14-28-15-17-29(18-16-28)25(30)21-9-11-22(12-10-21)27-34(31,32)23-8-3-6-20-7-4-13-26-24(20)23/h3-4,6-12,26-27H,2,5,13-19H2,1H3. The van der Waals surface area contributed by atoms with Gasteiger partial charge in [0.1, 0.15) is 4.90 Å². The molecule has 182 valence electrons. The van der Waals surface area contributed by atoms with E-state index in [4.69, 9.17) is 4.74 Å². The van der Waals surface area contributed by atoms with E-state index >= 15 is 0 Å². The second-order valence-corrected chi connectivity index (χ2v) is 10.0. The molecular formula is C25H32N4O4S. The number of piperazine rings is 1. The highest BCUT2D eigenvalue weighted by atomic mass is 32.2. The maximum absolute atomic E-state index is 13.0. The number of nitrogens with one attached hydrogen (secondary N) is 2. The topological polar surface area (TPSA) is 91.0 Å². The van der Waals surface area contributed by atoms with E-state index in [1.165, 1.54) is 0 Å². The van der Waals surface area contributed by atoms with Crippen LogP contribution in [0.25, 0.3) is 6.08 Å². The quantitative estimate of drug-likeness (QED) is 0.532. The number of hydrogen-bond donors (Lipinski definition) is 2. The van der Waals surface area contributed by atoms with Crippen molar-refractivity contribution >= 4 is 33.4 Å². The van der Waals surface area contributed by atoms with Gasteiger partial charge in [0.15, 0.2) is 0 Å². The molecule has 2 aromatic carbocycles. The van der Waals surface area contributed by atoms with Crippen LogP contribution in [0.4, 0.5) is 11.4 Å². The van der Waals surface area contributed by atoms with E-state index in [0.29, 0.717) is 36.6 Å². The lowest BCUT2D eigenvalue weighted by molar-refractivity contribution is 0.0616. The van der Waals surface area contributed by atoms with E-state index in [0.717, 1.165) is 44.8 Å². The lowest BCUT2D eigenvalue weighted by atomic mass is 10.1. The average molecular weight is 485 g/mol. The number of rotatable bonds is 9. The number of anilines is 2. The van der Waals surface area contributed by atoms with Gasteiger partial charge < -0.3 is 15.0 Å². The zero-order chi connectivity index (χ0) is 24.0. The molecule has 0 radical (unpaired) electrons. The van der Waals surface area contributed by atoms with Gasteiger partial charge in [0.05, 0.1) is 5.69 Å². The van der Waals surface area contributed by atoms with Crippen LogP contribution < -0.4 is 10.0 Å². The molecule has 8 nitrogen and oxygen atoms in total. The number of carbonyl (C=O) groups is 1. The minimum Gasteiger partial charge on any atom is -0.382 e. The predicted molar refractivity (Wildman–Crippen MR) is 135 cm³/mol. The average Bonchev–Trinajstić information content (AvgIpc) is 2.86. The molecule has 0 bridgehead atoms. The smallest absolute Gasteiger partial charge is 0.263 e. The number of benzene rings is 2. The normalized spacial score (nSPS) is 16.1. The van der Waals surface area contributed by atoms with Crippen molar-refractivity contribution in [2.24, 2.45) is 0 Å². The number of carbonyl (C=O) groups excluding carboxylic acids is 1. The summed E-state index contributed by atoms with van der Waals surface area (Å²) in [5.74, 6) is -0.0310. The van der Waals surface area contributed by atoms with Crippen molar-refractivity contribution in [3.63, 3.8) is 0 Å². The van der Waals surface area contributed by atoms with Crippen LogP contribution in [0.3, 0.4) is 0 Å². The van der Waals surface area contributed by atoms with E-state index in [-0.39, 0.29) is 10.8 Å². The molecule has 1 amide bonds. The highest BCUT2D eigenvalue weighted by Gasteiger charge is 2.23. The van der Waals surface area contributed by atoms with Crippen molar-refractivity contribution in [1.29, 1.82) is 0 Å². The molecule has 0 atom stereocenters. The SMILES string of the molecule is CCOCCCN1CCN(C(=O)c2ccc(NS(=O)(=O)c3cccc4c3NCC=C4)cc2)CC1. The summed E-state index contributed by atoms with van der Waals surface area (Å²) in [5.41, 5.74) is 2.40. The summed E-state index contributed by atoms with van der Waals surface area (Å²) >= 11 is 0. The first kappa shape index (κ1) is 24.3. The Balaban J connectivity index is 1.35. The van der Waals surface area contributed by atoms with Crippen LogP contribution in [0.5, 0.6) is 0 Å². The molecule has 34 heavy (non-hydrogen) atoms. The van der Waals surface area contributed by atoms with E-state index in [9.17, 15) is 13.2 Å². The lowest BCUT2D eigenvalue weighted by Gasteiger charge is -2.34. The fraction of sp³-hybridized carbons (Fsp3) is 0.400. The summed E-state index contributed by atoms with van der Waals surface area (Å²) in [6.45, 7) is 8.13. The van der Waals surface area contributed by atoms with Crippen LogP contribution in [0.1, 0.15) is 29.3 Å². The third-order valence-electron chi connectivity index (χ3n) is 6.05. The molecule has 1 fully saturated rings. The van der Waals surface area contributed by atoms with Crippen molar-refractivity contribution in [2.45, 2.75) is 18.2 Å². The fourth-order valence-electron chi connectivity index (χ4n) is 4.23. The molecule has 2 N–H and O–H groups in total. The maximum Gasteiger partial charge on any atom is 0.263 e. The summed E-state index contributed by atoms with van der Waals surface area (Å²) in [7, 11) is -3.78. The molecule has 2 aliphatic rings. The molecule has 0 saturated carbocycles. The number of ether oxygens (including phenoxy) is 1. The summed E-state index contributed by atoms with van der Waals surface area (Å²) in [5, 5.41) is 3.14. The number of hydrogen-bond acceptors (Lipinski definition) is 6. The Labute approximate surface area is 201 Å². The maximum atomic E-state index is 13.0. The first-order valence-corrected chi connectivity index (χ1v) is 13.2. The Morgan fingerprint density at radius 1 is 1.09 bits per heavy atom. The highest BCUT2D eigenvalue weighted by Crippen LogP contribution is 2.30. The van der Waals surface area contributed by atoms with Crippen molar-refractivity contribution < 1.29 is 17.9 Å². The van der Waals surface area contributed by atoms with Crippen LogP contribution in [0.15, 0.2) is 53.4 Å². The van der Waals surface area contributed by atoms with Gasteiger partial charge >= 0.3 is 0 Å². The predicted octanol–water partition coefficient (Wildman–Crippen LogP) is 3.11. The molecule has 2 heterocycles. The van der Waals surface area contributed by atoms with Gasteiger partial charge in [-0.15, -0.1) is 0 Å². The zero-order valence-corrected chi connectivity index (χ0v) is 20.3. The van der Waals surface area contributed by atoms with Crippen LogP contribution in [0, 0.1) is 0 Å². The Bertz CT molecular complexity index is 1120. The second-order valence-electron chi connectivity index (χ2n) is 8.37. The van der Waals surface area contributed by atoms with Crippen LogP contribution in [0.2, 0.25) is 0 Å². The second kappa shape index (κ2) is 11.0. The fourth-order valence-corrected chi connectivity index (χ4v) is 5.50. The van der Waals surface area contributed by atoms with Crippen molar-refractivity contribution in [3.8, 4) is 0 Å². The molecule has 2 aromatic rings. The van der Waals surface area contributed by atoms with Crippen LogP contribution in [-0.2, 0) is 14.8 Å². The van der Waals surface area contributed by atoms with Gasteiger partial charge in [0.25, 0.3) is 15.9 Å². The Kier molecular flexibility index (Phi) is 7.87. The zero-order valence-electron chi connectivity index (χ0n) is 19.5. The molecule has 0 unspecified atom stereocenters. The molecule has 1 saturated heterocycles. The van der Waals surface area contributed by atoms with Crippen molar-refractivity contribution in [1.82, 2.24) is 9.80 Å². The van der Waals surface area contributed by atoms with Crippen molar-refractivity contribution in [3.05, 3.63) is 59.7 Å². The molecule has 9 heteroatoms. The van der Waals surface area contributed by atoms with E-state index in [1.807, 2.05) is 30.0 Å². The van der Waals surface area contributed by atoms with Gasteiger partial charge in [-0.25, -0.2) is 8.42 Å². The van der Waals surface area contributed by atoms with Crippen LogP contribution >= 0.6 is 0 Å². The Morgan fingerprint density at radius 3 is 2.59 bits per heavy atom. The van der Waals surface area contributed by atoms with Gasteiger partial charge in [0, 0.05) is 63.7 Å². The summed E-state index contributed by atoms with van der Waals surface area (Å²) in [6, 6.07) is 11.8. The molecule has 0 aliphatic carbocycles. The number of sulfonamides is 1. The van der Waals surface area contributed by atoms with Gasteiger partial charge in [-0.1, -0.05) is 24.3 Å². The first-order chi connectivity index (χ1) is 16.5. The molecule has 2 aliphatic heterocycles. The monoisotopic (exact) mass is 484 g/mol. The third-order valence-corrected chi connectivity index (χ3v) is 7.48. The van der Waals surface area contributed by atoms with E-state index in [2.05, 4.69) is 14.9 Å². The molecule has 4 rings (SSSR count). The summed E-state index contributed by atoms with van der Waals surface area (Å²) in [4.78, 5) is 17.3. The summed E-state index contributed by atoms with van der Waals surface area (Å²) in [6.07, 6.45) is 4.86. The minimum absolute atomic E-state index is 0.0310. The number of fused-ring (bicyclic) bond motifs is 1. The molecule has 0 aromatic heterocycles. The van der Waals surface area contributed by atoms with Gasteiger partial charge in [-0.2, -0.15) is 0 Å². The van der Waals surface area contributed by atoms with Gasteiger partial charge in [0.2, 0.25) is 0 Å². The van der Waals surface area contributed by atoms with E-state index in [1.54, 1.807) is 36.4 Å². The largest absolute Gasteiger partial charge is 0.382 e. The Morgan fingerprint density at radius 2 is 1.85 bits per heavy atom. The van der Waals surface area contributed by atoms with Gasteiger partial charge in [-0.05, 0) is 49.2 Å². The minimum atomic E-state index is -3.78. The van der Waals surface area contributed by atoms with E-state index < -0.39 is 10.0 Å². The van der Waals surface area contributed by atoms with Crippen LogP contribution in [-0.4, -0.2) is 76.6 Å². The molecular weight excluding hydrogens is 452 g/mol. The third kappa shape index (κ3) is 5.78. The highest BCUT2D eigenvalue weighted by molar-refractivity contribution is 7.92. The Hall–Kier alpha value is -2.88. The number of nitrogens with zero attached hydrogens (tertiary/aromatic N) is 2. The molecule has 0 spiro atoms. The number of amides is 1. The number of para-hydroxylation sites is 1.